The third kappa shape index (κ3) is 2.92. The molecule has 0 N–H and O–H groups in total. The van der Waals surface area contributed by atoms with Crippen molar-refractivity contribution in [3.63, 3.8) is 0 Å². The van der Waals surface area contributed by atoms with Gasteiger partial charge in [-0.25, -0.2) is 4.79 Å². The summed E-state index contributed by atoms with van der Waals surface area (Å²) < 4.78 is 14.9. The first-order valence-electron chi connectivity index (χ1n) is 5.93. The predicted molar refractivity (Wildman–Crippen MR) is 69.4 cm³/mol. The molecule has 0 saturated carbocycles. The predicted octanol–water partition coefficient (Wildman–Crippen LogP) is 1.79. The van der Waals surface area contributed by atoms with Crippen LogP contribution in [0.4, 0.5) is 5.69 Å². The van der Waals surface area contributed by atoms with Crippen molar-refractivity contribution < 1.29 is 23.9 Å². The van der Waals surface area contributed by atoms with Gasteiger partial charge in [0.15, 0.2) is 11.5 Å². The fourth-order valence-corrected chi connectivity index (χ4v) is 1.72. The summed E-state index contributed by atoms with van der Waals surface area (Å²) in [7, 11) is 0. The smallest absolute Gasteiger partial charge is 0.348 e. The van der Waals surface area contributed by atoms with E-state index in [0.717, 1.165) is 6.08 Å². The SMILES string of the molecule is CCOC(=O)/C(C#N)=C/c1cc2c(cc1[N+](=O)[O-])OCO2. The molecule has 108 valence electrons. The number of benzene rings is 1. The Bertz CT molecular complexity index is 674. The number of fused-ring (bicyclic) bond motifs is 1. The second-order valence-electron chi connectivity index (χ2n) is 3.91. The molecule has 0 radical (unpaired) electrons. The van der Waals surface area contributed by atoms with Crippen molar-refractivity contribution in [3.05, 3.63) is 33.4 Å². The number of carbonyl (C=O) groups excluding carboxylic acids is 1. The van der Waals surface area contributed by atoms with E-state index in [4.69, 9.17) is 19.5 Å². The van der Waals surface area contributed by atoms with E-state index < -0.39 is 10.9 Å². The van der Waals surface area contributed by atoms with Gasteiger partial charge in [-0.15, -0.1) is 0 Å². The molecule has 21 heavy (non-hydrogen) atoms. The maximum atomic E-state index is 11.6. The van der Waals surface area contributed by atoms with Crippen LogP contribution in [0, 0.1) is 21.4 Å². The van der Waals surface area contributed by atoms with E-state index in [-0.39, 0.29) is 36.0 Å². The fraction of sp³-hybridized carbons (Fsp3) is 0.231. The minimum absolute atomic E-state index is 0.0390. The van der Waals surface area contributed by atoms with Crippen LogP contribution in [0.15, 0.2) is 17.7 Å². The molecule has 0 aliphatic carbocycles. The van der Waals surface area contributed by atoms with Crippen LogP contribution in [0.25, 0.3) is 6.08 Å². The minimum Gasteiger partial charge on any atom is -0.462 e. The van der Waals surface area contributed by atoms with Crippen molar-refractivity contribution in [2.24, 2.45) is 0 Å². The summed E-state index contributed by atoms with van der Waals surface area (Å²) in [5, 5.41) is 20.0. The first-order valence-corrected chi connectivity index (χ1v) is 5.93. The fourth-order valence-electron chi connectivity index (χ4n) is 1.72. The lowest BCUT2D eigenvalue weighted by molar-refractivity contribution is -0.385. The summed E-state index contributed by atoms with van der Waals surface area (Å²) in [4.78, 5) is 22.0. The van der Waals surface area contributed by atoms with E-state index in [0.29, 0.717) is 5.75 Å². The summed E-state index contributed by atoms with van der Waals surface area (Å²) >= 11 is 0. The number of rotatable bonds is 4. The van der Waals surface area contributed by atoms with Crippen molar-refractivity contribution in [1.29, 1.82) is 5.26 Å². The molecule has 8 heteroatoms. The molecular weight excluding hydrogens is 280 g/mol. The third-order valence-corrected chi connectivity index (χ3v) is 2.63. The van der Waals surface area contributed by atoms with Crippen LogP contribution in [-0.4, -0.2) is 24.3 Å². The Morgan fingerprint density at radius 1 is 1.52 bits per heavy atom. The number of hydrogen-bond donors (Lipinski definition) is 0. The molecule has 1 aliphatic rings. The van der Waals surface area contributed by atoms with Gasteiger partial charge in [-0.1, -0.05) is 0 Å². The highest BCUT2D eigenvalue weighted by Gasteiger charge is 2.23. The molecule has 0 saturated heterocycles. The maximum absolute atomic E-state index is 11.6. The van der Waals surface area contributed by atoms with Gasteiger partial charge < -0.3 is 14.2 Å². The summed E-state index contributed by atoms with van der Waals surface area (Å²) in [5.41, 5.74) is -0.566. The van der Waals surface area contributed by atoms with Crippen LogP contribution in [0.3, 0.4) is 0 Å². The average Bonchev–Trinajstić information content (AvgIpc) is 2.90. The number of ether oxygens (including phenoxy) is 3. The first kappa shape index (κ1) is 14.3. The highest BCUT2D eigenvalue weighted by molar-refractivity contribution is 5.98. The molecule has 2 rings (SSSR count). The van der Waals surface area contributed by atoms with E-state index in [1.807, 2.05) is 0 Å². The quantitative estimate of drug-likeness (QED) is 0.273. The van der Waals surface area contributed by atoms with Crippen LogP contribution in [0.5, 0.6) is 11.5 Å². The van der Waals surface area contributed by atoms with Gasteiger partial charge in [0.25, 0.3) is 5.69 Å². The topological polar surface area (TPSA) is 112 Å². The molecule has 0 bridgehead atoms. The average molecular weight is 290 g/mol. The summed E-state index contributed by atoms with van der Waals surface area (Å²) in [6, 6.07) is 4.19. The number of nitriles is 1. The van der Waals surface area contributed by atoms with Crippen LogP contribution >= 0.6 is 0 Å². The lowest BCUT2D eigenvalue weighted by Crippen LogP contribution is -2.06. The Balaban J connectivity index is 2.50. The third-order valence-electron chi connectivity index (χ3n) is 2.63. The Labute approximate surface area is 119 Å². The summed E-state index contributed by atoms with van der Waals surface area (Å²) in [5.74, 6) is -0.284. The van der Waals surface area contributed by atoms with Gasteiger partial charge in [-0.3, -0.25) is 10.1 Å². The Morgan fingerprint density at radius 2 is 2.19 bits per heavy atom. The molecule has 1 aliphatic heterocycles. The number of nitrogens with zero attached hydrogens (tertiary/aromatic N) is 2. The molecule has 0 amide bonds. The highest BCUT2D eigenvalue weighted by atomic mass is 16.7. The van der Waals surface area contributed by atoms with Crippen molar-refractivity contribution in [3.8, 4) is 17.6 Å². The van der Waals surface area contributed by atoms with E-state index in [1.54, 1.807) is 13.0 Å². The number of nitro groups is 1. The zero-order valence-corrected chi connectivity index (χ0v) is 11.0. The van der Waals surface area contributed by atoms with Gasteiger partial charge in [0.05, 0.1) is 23.2 Å². The van der Waals surface area contributed by atoms with Crippen molar-refractivity contribution in [1.82, 2.24) is 0 Å². The molecule has 0 fully saturated rings. The van der Waals surface area contributed by atoms with Crippen molar-refractivity contribution in [2.75, 3.05) is 13.4 Å². The second-order valence-corrected chi connectivity index (χ2v) is 3.91. The molecule has 1 aromatic rings. The Hall–Kier alpha value is -3.08. The standard InChI is InChI=1S/C13H10N2O6/c1-2-19-13(16)9(6-14)3-8-4-11-12(21-7-20-11)5-10(8)15(17)18/h3-5H,2,7H2,1H3/b9-3+. The normalized spacial score (nSPS) is 12.7. The molecule has 8 nitrogen and oxygen atoms in total. The van der Waals surface area contributed by atoms with Crippen molar-refractivity contribution >= 4 is 17.7 Å². The first-order chi connectivity index (χ1) is 10.1. The zero-order valence-electron chi connectivity index (χ0n) is 11.0. The minimum atomic E-state index is -0.841. The summed E-state index contributed by atoms with van der Waals surface area (Å²) in [6.07, 6.45) is 1.10. The number of nitro benzene ring substituents is 1. The van der Waals surface area contributed by atoms with E-state index >= 15 is 0 Å². The second kappa shape index (κ2) is 5.92. The van der Waals surface area contributed by atoms with E-state index in [9.17, 15) is 14.9 Å². The lowest BCUT2D eigenvalue weighted by atomic mass is 10.1. The van der Waals surface area contributed by atoms with Gasteiger partial charge in [0.2, 0.25) is 6.79 Å². The maximum Gasteiger partial charge on any atom is 0.348 e. The van der Waals surface area contributed by atoms with Gasteiger partial charge in [-0.05, 0) is 19.1 Å². The van der Waals surface area contributed by atoms with E-state index in [1.165, 1.54) is 12.1 Å². The molecule has 0 spiro atoms. The molecule has 1 aromatic carbocycles. The van der Waals surface area contributed by atoms with Crippen LogP contribution in [0.2, 0.25) is 0 Å². The lowest BCUT2D eigenvalue weighted by Gasteiger charge is -2.02. The number of esters is 1. The molecule has 0 unspecified atom stereocenters. The van der Waals surface area contributed by atoms with Crippen LogP contribution in [0.1, 0.15) is 12.5 Å². The monoisotopic (exact) mass is 290 g/mol. The van der Waals surface area contributed by atoms with Gasteiger partial charge >= 0.3 is 5.97 Å². The van der Waals surface area contributed by atoms with Crippen LogP contribution in [-0.2, 0) is 9.53 Å². The Kier molecular flexibility index (Phi) is 4.04. The van der Waals surface area contributed by atoms with Crippen LogP contribution < -0.4 is 9.47 Å². The molecule has 0 atom stereocenters. The molecular formula is C13H10N2O6. The van der Waals surface area contributed by atoms with E-state index in [2.05, 4.69) is 0 Å². The molecule has 1 heterocycles. The highest BCUT2D eigenvalue weighted by Crippen LogP contribution is 2.38. The van der Waals surface area contributed by atoms with Gasteiger partial charge in [-0.2, -0.15) is 5.26 Å². The van der Waals surface area contributed by atoms with Gasteiger partial charge in [0.1, 0.15) is 11.6 Å². The largest absolute Gasteiger partial charge is 0.462 e. The zero-order chi connectivity index (χ0) is 15.4. The Morgan fingerprint density at radius 3 is 2.76 bits per heavy atom. The summed E-state index contributed by atoms with van der Waals surface area (Å²) in [6.45, 7) is 1.65. The van der Waals surface area contributed by atoms with Gasteiger partial charge in [0, 0.05) is 0 Å². The number of hydrogen-bond acceptors (Lipinski definition) is 7. The number of carbonyl (C=O) groups is 1. The van der Waals surface area contributed by atoms with Crippen molar-refractivity contribution in [2.45, 2.75) is 6.92 Å². The molecule has 0 aromatic heterocycles.